The number of hydrogen-bond donors (Lipinski definition) is 1. The molecule has 1 N–H and O–H groups in total. The molecule has 0 radical (unpaired) electrons. The van der Waals surface area contributed by atoms with E-state index in [1.54, 1.807) is 0 Å². The summed E-state index contributed by atoms with van der Waals surface area (Å²) >= 11 is 0. The van der Waals surface area contributed by atoms with Gasteiger partial charge < -0.3 is 19.3 Å². The summed E-state index contributed by atoms with van der Waals surface area (Å²) in [4.78, 5) is 21.8. The van der Waals surface area contributed by atoms with E-state index in [2.05, 4.69) is 11.7 Å². The third kappa shape index (κ3) is 13.1. The van der Waals surface area contributed by atoms with Gasteiger partial charge in [0.1, 0.15) is 13.2 Å². The number of esters is 2. The second-order valence-corrected chi connectivity index (χ2v) is 4.18. The summed E-state index contributed by atoms with van der Waals surface area (Å²) in [6, 6.07) is 0. The standard InChI is InChI=1S/C13H24O6/c1-3-4-7-17-8-9-18-13(16)6-5-12(15)10-19-11(2)14/h12,15H,3-10H2,1-2H3. The summed E-state index contributed by atoms with van der Waals surface area (Å²) in [6.07, 6.45) is 1.54. The van der Waals surface area contributed by atoms with Gasteiger partial charge >= 0.3 is 11.9 Å². The number of ether oxygens (including phenoxy) is 3. The fourth-order valence-electron chi connectivity index (χ4n) is 1.22. The highest BCUT2D eigenvalue weighted by Gasteiger charge is 2.10. The normalized spacial score (nSPS) is 11.9. The number of hydrogen-bond acceptors (Lipinski definition) is 6. The van der Waals surface area contributed by atoms with Crippen molar-refractivity contribution in [3.8, 4) is 0 Å². The monoisotopic (exact) mass is 276 g/mol. The number of carbonyl (C=O) groups is 2. The van der Waals surface area contributed by atoms with Crippen molar-refractivity contribution in [2.24, 2.45) is 0 Å². The molecule has 0 fully saturated rings. The third-order valence-electron chi connectivity index (χ3n) is 2.29. The highest BCUT2D eigenvalue weighted by molar-refractivity contribution is 5.69. The van der Waals surface area contributed by atoms with Crippen LogP contribution in [0, 0.1) is 0 Å². The Balaban J connectivity index is 3.40. The minimum atomic E-state index is -0.836. The number of aliphatic hydroxyl groups excluding tert-OH is 1. The summed E-state index contributed by atoms with van der Waals surface area (Å²) in [7, 11) is 0. The molecule has 0 saturated heterocycles. The van der Waals surface area contributed by atoms with Crippen LogP contribution in [0.25, 0.3) is 0 Å². The molecule has 0 saturated carbocycles. The van der Waals surface area contributed by atoms with Crippen LogP contribution in [0.3, 0.4) is 0 Å². The predicted octanol–water partition coefficient (Wildman–Crippen LogP) is 1.05. The summed E-state index contributed by atoms with van der Waals surface area (Å²) in [5.74, 6) is -0.841. The fourth-order valence-corrected chi connectivity index (χ4v) is 1.22. The smallest absolute Gasteiger partial charge is 0.305 e. The van der Waals surface area contributed by atoms with E-state index >= 15 is 0 Å². The SMILES string of the molecule is CCCCOCCOC(=O)CCC(O)COC(C)=O. The molecule has 0 heterocycles. The molecule has 0 rings (SSSR count). The summed E-state index contributed by atoms with van der Waals surface area (Å²) in [5, 5.41) is 9.41. The Kier molecular flexibility index (Phi) is 11.2. The van der Waals surface area contributed by atoms with E-state index in [4.69, 9.17) is 9.47 Å². The molecule has 0 spiro atoms. The van der Waals surface area contributed by atoms with Crippen molar-refractivity contribution in [3.63, 3.8) is 0 Å². The lowest BCUT2D eigenvalue weighted by atomic mass is 10.2. The van der Waals surface area contributed by atoms with Gasteiger partial charge in [-0.3, -0.25) is 9.59 Å². The van der Waals surface area contributed by atoms with Crippen molar-refractivity contribution < 1.29 is 28.9 Å². The van der Waals surface area contributed by atoms with Crippen LogP contribution >= 0.6 is 0 Å². The first kappa shape index (κ1) is 17.9. The molecule has 0 aromatic carbocycles. The first-order valence-corrected chi connectivity index (χ1v) is 6.61. The number of carbonyl (C=O) groups excluding carboxylic acids is 2. The first-order chi connectivity index (χ1) is 9.06. The van der Waals surface area contributed by atoms with Gasteiger partial charge in [-0.15, -0.1) is 0 Å². The van der Waals surface area contributed by atoms with E-state index < -0.39 is 12.1 Å². The van der Waals surface area contributed by atoms with Gasteiger partial charge in [-0.1, -0.05) is 13.3 Å². The summed E-state index contributed by atoms with van der Waals surface area (Å²) < 4.78 is 14.8. The van der Waals surface area contributed by atoms with Gasteiger partial charge in [0.25, 0.3) is 0 Å². The van der Waals surface area contributed by atoms with E-state index in [-0.39, 0.29) is 32.0 Å². The summed E-state index contributed by atoms with van der Waals surface area (Å²) in [5.41, 5.74) is 0. The molecule has 0 aliphatic carbocycles. The maximum absolute atomic E-state index is 11.3. The maximum atomic E-state index is 11.3. The van der Waals surface area contributed by atoms with Crippen LogP contribution < -0.4 is 0 Å². The molecule has 19 heavy (non-hydrogen) atoms. The lowest BCUT2D eigenvalue weighted by Gasteiger charge is -2.10. The van der Waals surface area contributed by atoms with Crippen LogP contribution in [-0.2, 0) is 23.8 Å². The Morgan fingerprint density at radius 2 is 1.89 bits per heavy atom. The van der Waals surface area contributed by atoms with Crippen LogP contribution in [0.1, 0.15) is 39.5 Å². The zero-order chi connectivity index (χ0) is 14.5. The molecule has 1 atom stereocenters. The molecule has 0 aliphatic rings. The Hall–Kier alpha value is -1.14. The third-order valence-corrected chi connectivity index (χ3v) is 2.29. The highest BCUT2D eigenvalue weighted by Crippen LogP contribution is 2.00. The minimum absolute atomic E-state index is 0.0945. The Morgan fingerprint density at radius 3 is 2.53 bits per heavy atom. The number of rotatable bonds is 11. The molecule has 112 valence electrons. The van der Waals surface area contributed by atoms with Crippen LogP contribution in [0.15, 0.2) is 0 Å². The topological polar surface area (TPSA) is 82.1 Å². The van der Waals surface area contributed by atoms with Gasteiger partial charge in [-0.25, -0.2) is 0 Å². The second kappa shape index (κ2) is 11.9. The Labute approximate surface area is 114 Å². The van der Waals surface area contributed by atoms with Gasteiger partial charge in [0, 0.05) is 20.0 Å². The van der Waals surface area contributed by atoms with E-state index in [1.807, 2.05) is 0 Å². The van der Waals surface area contributed by atoms with Crippen molar-refractivity contribution in [2.45, 2.75) is 45.6 Å². The second-order valence-electron chi connectivity index (χ2n) is 4.18. The van der Waals surface area contributed by atoms with Gasteiger partial charge in [0.05, 0.1) is 12.7 Å². The lowest BCUT2D eigenvalue weighted by Crippen LogP contribution is -2.19. The van der Waals surface area contributed by atoms with Gasteiger partial charge in [-0.2, -0.15) is 0 Å². The van der Waals surface area contributed by atoms with Crippen molar-refractivity contribution in [2.75, 3.05) is 26.4 Å². The lowest BCUT2D eigenvalue weighted by molar-refractivity contribution is -0.146. The van der Waals surface area contributed by atoms with Crippen molar-refractivity contribution in [3.05, 3.63) is 0 Å². The van der Waals surface area contributed by atoms with Crippen LogP contribution in [-0.4, -0.2) is 49.6 Å². The molecule has 0 bridgehead atoms. The largest absolute Gasteiger partial charge is 0.463 e. The molecule has 6 heteroatoms. The Morgan fingerprint density at radius 1 is 1.16 bits per heavy atom. The molecule has 0 amide bonds. The zero-order valence-electron chi connectivity index (χ0n) is 11.7. The molecule has 6 nitrogen and oxygen atoms in total. The average molecular weight is 276 g/mol. The molecular formula is C13H24O6. The van der Waals surface area contributed by atoms with Crippen LogP contribution in [0.4, 0.5) is 0 Å². The van der Waals surface area contributed by atoms with Crippen LogP contribution in [0.5, 0.6) is 0 Å². The molecule has 0 aliphatic heterocycles. The molecule has 0 aromatic heterocycles. The van der Waals surface area contributed by atoms with E-state index in [9.17, 15) is 14.7 Å². The average Bonchev–Trinajstić information content (AvgIpc) is 2.38. The molecular weight excluding hydrogens is 252 g/mol. The molecule has 1 unspecified atom stereocenters. The Bertz CT molecular complexity index is 254. The summed E-state index contributed by atoms with van der Waals surface area (Å²) in [6.45, 7) is 4.53. The van der Waals surface area contributed by atoms with Crippen LogP contribution in [0.2, 0.25) is 0 Å². The number of unbranched alkanes of at least 4 members (excludes halogenated alkanes) is 1. The zero-order valence-corrected chi connectivity index (χ0v) is 11.7. The van der Waals surface area contributed by atoms with Gasteiger partial charge in [0.2, 0.25) is 0 Å². The quantitative estimate of drug-likeness (QED) is 0.449. The van der Waals surface area contributed by atoms with Gasteiger partial charge in [0.15, 0.2) is 0 Å². The van der Waals surface area contributed by atoms with Gasteiger partial charge in [-0.05, 0) is 12.8 Å². The number of aliphatic hydroxyl groups is 1. The van der Waals surface area contributed by atoms with E-state index in [0.29, 0.717) is 13.2 Å². The van der Waals surface area contributed by atoms with E-state index in [0.717, 1.165) is 12.8 Å². The van der Waals surface area contributed by atoms with E-state index in [1.165, 1.54) is 6.92 Å². The van der Waals surface area contributed by atoms with Crippen molar-refractivity contribution >= 4 is 11.9 Å². The minimum Gasteiger partial charge on any atom is -0.463 e. The first-order valence-electron chi connectivity index (χ1n) is 6.61. The van der Waals surface area contributed by atoms with Crippen molar-refractivity contribution in [1.82, 2.24) is 0 Å². The maximum Gasteiger partial charge on any atom is 0.305 e. The van der Waals surface area contributed by atoms with Crippen molar-refractivity contribution in [1.29, 1.82) is 0 Å². The highest BCUT2D eigenvalue weighted by atomic mass is 16.6. The fraction of sp³-hybridized carbons (Fsp3) is 0.846. The molecule has 0 aromatic rings. The predicted molar refractivity (Wildman–Crippen MR) is 68.6 cm³/mol.